The van der Waals surface area contributed by atoms with Crippen LogP contribution in [0, 0.1) is 0 Å². The molecule has 0 saturated heterocycles. The highest BCUT2D eigenvalue weighted by Gasteiger charge is 2.20. The summed E-state index contributed by atoms with van der Waals surface area (Å²) in [4.78, 5) is 2.92. The lowest BCUT2D eigenvalue weighted by molar-refractivity contribution is 0.699. The lowest BCUT2D eigenvalue weighted by Gasteiger charge is -2.30. The molecule has 1 aromatic carbocycles. The van der Waals surface area contributed by atoms with Crippen molar-refractivity contribution in [3.8, 4) is 0 Å². The molecule has 1 atom stereocenters. The number of nitrogens with zero attached hydrogens (tertiary/aromatic N) is 1. The van der Waals surface area contributed by atoms with Gasteiger partial charge < -0.3 is 10.6 Å². The fraction of sp³-hybridized carbons (Fsp3) is 0.462. The Balaban J connectivity index is 2.36. The fourth-order valence-corrected chi connectivity index (χ4v) is 2.40. The van der Waals surface area contributed by atoms with Crippen molar-refractivity contribution in [3.05, 3.63) is 29.8 Å². The van der Waals surface area contributed by atoms with Crippen LogP contribution in [0.1, 0.15) is 25.3 Å². The third-order valence-corrected chi connectivity index (χ3v) is 3.62. The van der Waals surface area contributed by atoms with Gasteiger partial charge in [0.25, 0.3) is 0 Å². The van der Waals surface area contributed by atoms with Gasteiger partial charge in [-0.2, -0.15) is 0 Å². The number of thiocarbonyl (C=S) groups is 1. The highest BCUT2D eigenvalue weighted by molar-refractivity contribution is 7.80. The van der Waals surface area contributed by atoms with Gasteiger partial charge in [-0.05, 0) is 37.8 Å². The van der Waals surface area contributed by atoms with Crippen LogP contribution in [0.25, 0.3) is 0 Å². The predicted molar refractivity (Wildman–Crippen MR) is 73.0 cm³/mol. The molecule has 0 radical (unpaired) electrons. The molecule has 0 bridgehead atoms. The molecule has 0 aliphatic carbocycles. The zero-order chi connectivity index (χ0) is 11.5. The van der Waals surface area contributed by atoms with Gasteiger partial charge in [0.05, 0.1) is 11.0 Å². The fourth-order valence-electron chi connectivity index (χ4n) is 2.28. The zero-order valence-electron chi connectivity index (χ0n) is 9.65. The summed E-state index contributed by atoms with van der Waals surface area (Å²) < 4.78 is 0. The van der Waals surface area contributed by atoms with E-state index < -0.39 is 0 Å². The molecule has 1 heterocycles. The molecule has 0 aromatic heterocycles. The number of benzene rings is 1. The van der Waals surface area contributed by atoms with Gasteiger partial charge in [-0.25, -0.2) is 0 Å². The minimum Gasteiger partial charge on any atom is -0.392 e. The van der Waals surface area contributed by atoms with Crippen molar-refractivity contribution < 1.29 is 0 Å². The van der Waals surface area contributed by atoms with E-state index in [1.54, 1.807) is 0 Å². The molecule has 1 aromatic rings. The number of hydrogen-bond acceptors (Lipinski definition) is 2. The maximum Gasteiger partial charge on any atom is 0.0953 e. The lowest BCUT2D eigenvalue weighted by atomic mass is 10.1. The van der Waals surface area contributed by atoms with Crippen LogP contribution in [0.5, 0.6) is 0 Å². The molecule has 0 saturated carbocycles. The maximum absolute atomic E-state index is 5.76. The molecule has 1 aliphatic heterocycles. The average Bonchev–Trinajstić information content (AvgIpc) is 2.50. The van der Waals surface area contributed by atoms with Gasteiger partial charge in [-0.3, -0.25) is 0 Å². The van der Waals surface area contributed by atoms with Gasteiger partial charge in [0, 0.05) is 12.2 Å². The van der Waals surface area contributed by atoms with E-state index in [9.17, 15) is 0 Å². The van der Waals surface area contributed by atoms with Crippen molar-refractivity contribution in [2.75, 3.05) is 11.4 Å². The Hall–Kier alpha value is -1.09. The van der Waals surface area contributed by atoms with Gasteiger partial charge in [0.2, 0.25) is 0 Å². The summed E-state index contributed by atoms with van der Waals surface area (Å²) in [6, 6.07) is 8.72. The van der Waals surface area contributed by atoms with E-state index in [-0.39, 0.29) is 6.04 Å². The van der Waals surface area contributed by atoms with E-state index in [4.69, 9.17) is 18.0 Å². The molecule has 2 N–H and O–H groups in total. The number of para-hydroxylation sites is 1. The van der Waals surface area contributed by atoms with E-state index in [0.29, 0.717) is 4.99 Å². The van der Waals surface area contributed by atoms with Gasteiger partial charge >= 0.3 is 0 Å². The summed E-state index contributed by atoms with van der Waals surface area (Å²) in [5, 5.41) is 0. The molecule has 0 amide bonds. The molecular weight excluding hydrogens is 216 g/mol. The molecule has 0 fully saturated rings. The van der Waals surface area contributed by atoms with E-state index in [2.05, 4.69) is 36.1 Å². The monoisotopic (exact) mass is 234 g/mol. The Kier molecular flexibility index (Phi) is 3.44. The number of nitrogens with two attached hydrogens (primary N) is 1. The predicted octanol–water partition coefficient (Wildman–Crippen LogP) is 2.50. The minimum atomic E-state index is 0.147. The smallest absolute Gasteiger partial charge is 0.0953 e. The van der Waals surface area contributed by atoms with E-state index in [0.717, 1.165) is 13.0 Å². The van der Waals surface area contributed by atoms with Crippen LogP contribution in [0.2, 0.25) is 0 Å². The largest absolute Gasteiger partial charge is 0.392 e. The Morgan fingerprint density at radius 3 is 2.88 bits per heavy atom. The molecule has 2 rings (SSSR count). The summed E-state index contributed by atoms with van der Waals surface area (Å²) in [5.74, 6) is 0. The number of aryl methyl sites for hydroxylation is 1. The van der Waals surface area contributed by atoms with Gasteiger partial charge in [-0.1, -0.05) is 30.4 Å². The van der Waals surface area contributed by atoms with Crippen molar-refractivity contribution in [1.29, 1.82) is 0 Å². The quantitative estimate of drug-likeness (QED) is 0.797. The normalized spacial score (nSPS) is 17.4. The second kappa shape index (κ2) is 4.83. The molecule has 1 unspecified atom stereocenters. The lowest BCUT2D eigenvalue weighted by Crippen LogP contribution is -2.42. The Bertz CT molecular complexity index is 389. The van der Waals surface area contributed by atoms with Crippen LogP contribution in [0.4, 0.5) is 5.69 Å². The minimum absolute atomic E-state index is 0.147. The van der Waals surface area contributed by atoms with Crippen LogP contribution in [0.15, 0.2) is 24.3 Å². The molecule has 86 valence electrons. The Morgan fingerprint density at radius 1 is 1.38 bits per heavy atom. The van der Waals surface area contributed by atoms with Crippen LogP contribution >= 0.6 is 12.2 Å². The van der Waals surface area contributed by atoms with Crippen LogP contribution in [-0.4, -0.2) is 17.6 Å². The second-order valence-electron chi connectivity index (χ2n) is 4.36. The SMILES string of the molecule is CC(C(N)=S)N1CCCCc2ccccc21. The van der Waals surface area contributed by atoms with E-state index in [1.165, 1.54) is 24.1 Å². The summed E-state index contributed by atoms with van der Waals surface area (Å²) in [7, 11) is 0. The van der Waals surface area contributed by atoms with Crippen molar-refractivity contribution in [2.45, 2.75) is 32.2 Å². The van der Waals surface area contributed by atoms with Crippen molar-refractivity contribution in [1.82, 2.24) is 0 Å². The Morgan fingerprint density at radius 2 is 2.12 bits per heavy atom. The molecule has 0 spiro atoms. The second-order valence-corrected chi connectivity index (χ2v) is 4.83. The highest BCUT2D eigenvalue weighted by atomic mass is 32.1. The Labute approximate surface area is 102 Å². The first kappa shape index (κ1) is 11.4. The van der Waals surface area contributed by atoms with Gasteiger partial charge in [0.15, 0.2) is 0 Å². The summed E-state index contributed by atoms with van der Waals surface area (Å²) in [6.07, 6.45) is 3.62. The van der Waals surface area contributed by atoms with Crippen LogP contribution < -0.4 is 10.6 Å². The first-order valence-corrected chi connectivity index (χ1v) is 6.25. The number of hydrogen-bond donors (Lipinski definition) is 1. The molecule has 16 heavy (non-hydrogen) atoms. The van der Waals surface area contributed by atoms with Crippen LogP contribution in [-0.2, 0) is 6.42 Å². The number of fused-ring (bicyclic) bond motifs is 1. The summed E-state index contributed by atoms with van der Waals surface area (Å²) in [6.45, 7) is 3.14. The number of anilines is 1. The standard InChI is InChI=1S/C13H18N2S/c1-10(13(14)16)15-9-5-4-7-11-6-2-3-8-12(11)15/h2-3,6,8,10H,4-5,7,9H2,1H3,(H2,14,16). The average molecular weight is 234 g/mol. The van der Waals surface area contributed by atoms with E-state index in [1.807, 2.05) is 0 Å². The topological polar surface area (TPSA) is 29.3 Å². The van der Waals surface area contributed by atoms with Crippen molar-refractivity contribution in [2.24, 2.45) is 5.73 Å². The summed E-state index contributed by atoms with van der Waals surface area (Å²) >= 11 is 5.11. The van der Waals surface area contributed by atoms with Crippen molar-refractivity contribution >= 4 is 22.9 Å². The van der Waals surface area contributed by atoms with Crippen LogP contribution in [0.3, 0.4) is 0 Å². The number of rotatable bonds is 2. The molecule has 3 heteroatoms. The van der Waals surface area contributed by atoms with Gasteiger partial charge in [-0.15, -0.1) is 0 Å². The molecular formula is C13H18N2S. The molecule has 2 nitrogen and oxygen atoms in total. The maximum atomic E-state index is 5.76. The molecule has 1 aliphatic rings. The zero-order valence-corrected chi connectivity index (χ0v) is 10.5. The summed E-state index contributed by atoms with van der Waals surface area (Å²) in [5.41, 5.74) is 8.49. The highest BCUT2D eigenvalue weighted by Crippen LogP contribution is 2.27. The first-order valence-electron chi connectivity index (χ1n) is 5.84. The third-order valence-electron chi connectivity index (χ3n) is 3.28. The van der Waals surface area contributed by atoms with E-state index >= 15 is 0 Å². The third kappa shape index (κ3) is 2.19. The van der Waals surface area contributed by atoms with Gasteiger partial charge in [0.1, 0.15) is 0 Å². The van der Waals surface area contributed by atoms with Crippen molar-refractivity contribution in [3.63, 3.8) is 0 Å². The first-order chi connectivity index (χ1) is 7.70.